The minimum Gasteiger partial charge on any atom is -0.446 e. The first-order valence-corrected chi connectivity index (χ1v) is 8.01. The van der Waals surface area contributed by atoms with Crippen LogP contribution in [0.4, 0.5) is 4.79 Å². The van der Waals surface area contributed by atoms with Crippen LogP contribution >= 0.6 is 0 Å². The molecule has 0 aromatic heterocycles. The van der Waals surface area contributed by atoms with E-state index in [4.69, 9.17) is 4.74 Å². The van der Waals surface area contributed by atoms with Gasteiger partial charge in [-0.15, -0.1) is 0 Å². The molecular formula is C11H23N3O4S. The van der Waals surface area contributed by atoms with Crippen molar-refractivity contribution in [2.45, 2.75) is 45.8 Å². The van der Waals surface area contributed by atoms with Crippen LogP contribution in [0, 0.1) is 0 Å². The van der Waals surface area contributed by atoms with Gasteiger partial charge in [-0.2, -0.15) is 12.7 Å². The molecule has 0 aliphatic carbocycles. The average Bonchev–Trinajstić information content (AvgIpc) is 2.75. The molecule has 1 atom stereocenters. The Morgan fingerprint density at radius 1 is 1.53 bits per heavy atom. The lowest BCUT2D eigenvalue weighted by atomic mass is 10.2. The Morgan fingerprint density at radius 3 is 2.68 bits per heavy atom. The molecule has 8 heteroatoms. The third-order valence-corrected chi connectivity index (χ3v) is 4.35. The van der Waals surface area contributed by atoms with Crippen LogP contribution in [-0.2, 0) is 14.9 Å². The van der Waals surface area contributed by atoms with Gasteiger partial charge >= 0.3 is 16.3 Å². The van der Waals surface area contributed by atoms with Gasteiger partial charge in [0.2, 0.25) is 0 Å². The predicted molar refractivity (Wildman–Crippen MR) is 71.9 cm³/mol. The predicted octanol–water partition coefficient (Wildman–Crippen LogP) is 0.440. The monoisotopic (exact) mass is 293 g/mol. The van der Waals surface area contributed by atoms with Crippen molar-refractivity contribution >= 4 is 16.3 Å². The van der Waals surface area contributed by atoms with Gasteiger partial charge in [-0.3, -0.25) is 0 Å². The van der Waals surface area contributed by atoms with Gasteiger partial charge in [0, 0.05) is 19.1 Å². The number of carbonyl (C=O) groups excluding carboxylic acids is 1. The molecule has 0 aromatic rings. The Bertz CT molecular complexity index is 391. The zero-order valence-corrected chi connectivity index (χ0v) is 12.5. The summed E-state index contributed by atoms with van der Waals surface area (Å²) in [4.78, 5) is 11.4. The van der Waals surface area contributed by atoms with Gasteiger partial charge in [0.1, 0.15) is 0 Å². The molecule has 1 heterocycles. The van der Waals surface area contributed by atoms with E-state index >= 15 is 0 Å². The number of ether oxygens (including phenoxy) is 1. The molecule has 0 spiro atoms. The van der Waals surface area contributed by atoms with Gasteiger partial charge in [0.05, 0.1) is 6.10 Å². The summed E-state index contributed by atoms with van der Waals surface area (Å²) in [5.74, 6) is 0. The van der Waals surface area contributed by atoms with Gasteiger partial charge in [0.15, 0.2) is 0 Å². The number of hydrogen-bond acceptors (Lipinski definition) is 5. The molecule has 2 N–H and O–H groups in total. The Hall–Kier alpha value is -0.860. The topological polar surface area (TPSA) is 87.7 Å². The second-order valence-corrected chi connectivity index (χ2v) is 6.48. The zero-order chi connectivity index (χ0) is 14.5. The maximum Gasteiger partial charge on any atom is 0.422 e. The summed E-state index contributed by atoms with van der Waals surface area (Å²) < 4.78 is 32.0. The van der Waals surface area contributed by atoms with Crippen LogP contribution in [-0.4, -0.2) is 50.6 Å². The van der Waals surface area contributed by atoms with E-state index in [9.17, 15) is 13.2 Å². The Kier molecular flexibility index (Phi) is 6.02. The van der Waals surface area contributed by atoms with Crippen molar-refractivity contribution in [2.24, 2.45) is 0 Å². The summed E-state index contributed by atoms with van der Waals surface area (Å²) in [6.45, 7) is 6.63. The third kappa shape index (κ3) is 5.33. The fourth-order valence-electron chi connectivity index (χ4n) is 1.96. The van der Waals surface area contributed by atoms with Crippen molar-refractivity contribution in [2.75, 3.05) is 19.6 Å². The molecule has 0 saturated carbocycles. The maximum atomic E-state index is 12.0. The number of rotatable bonds is 6. The van der Waals surface area contributed by atoms with Crippen molar-refractivity contribution in [1.82, 2.24) is 14.3 Å². The normalized spacial score (nSPS) is 19.9. The maximum absolute atomic E-state index is 12.0. The molecule has 0 bridgehead atoms. The lowest BCUT2D eigenvalue weighted by Gasteiger charge is -2.23. The van der Waals surface area contributed by atoms with Crippen LogP contribution in [0.3, 0.4) is 0 Å². The van der Waals surface area contributed by atoms with Crippen molar-refractivity contribution in [3.8, 4) is 0 Å². The van der Waals surface area contributed by atoms with Gasteiger partial charge < -0.3 is 10.1 Å². The Morgan fingerprint density at radius 2 is 2.21 bits per heavy atom. The lowest BCUT2D eigenvalue weighted by Crippen LogP contribution is -2.48. The number of nitrogens with one attached hydrogen (secondary N) is 2. The van der Waals surface area contributed by atoms with Gasteiger partial charge in [-0.05, 0) is 33.2 Å². The highest BCUT2D eigenvalue weighted by molar-refractivity contribution is 7.87. The molecule has 7 nitrogen and oxygen atoms in total. The zero-order valence-electron chi connectivity index (χ0n) is 11.7. The van der Waals surface area contributed by atoms with E-state index in [-0.39, 0.29) is 12.1 Å². The van der Waals surface area contributed by atoms with E-state index in [0.717, 1.165) is 19.4 Å². The second kappa shape index (κ2) is 7.06. The van der Waals surface area contributed by atoms with E-state index in [2.05, 4.69) is 5.32 Å². The first-order chi connectivity index (χ1) is 8.85. The lowest BCUT2D eigenvalue weighted by molar-refractivity contribution is 0.121. The SMILES string of the molecule is CCN(CC1CCCN1)S(=O)(=O)NC(=O)OC(C)C. The Balaban J connectivity index is 2.58. The largest absolute Gasteiger partial charge is 0.446 e. The fraction of sp³-hybridized carbons (Fsp3) is 0.909. The molecule has 1 unspecified atom stereocenters. The van der Waals surface area contributed by atoms with Crippen LogP contribution in [0.5, 0.6) is 0 Å². The summed E-state index contributed by atoms with van der Waals surface area (Å²) in [5.41, 5.74) is 0. The van der Waals surface area contributed by atoms with Crippen molar-refractivity contribution in [1.29, 1.82) is 0 Å². The van der Waals surface area contributed by atoms with Crippen molar-refractivity contribution in [3.63, 3.8) is 0 Å². The van der Waals surface area contributed by atoms with Crippen molar-refractivity contribution in [3.05, 3.63) is 0 Å². The molecular weight excluding hydrogens is 270 g/mol. The molecule has 1 saturated heterocycles. The number of amides is 1. The third-order valence-electron chi connectivity index (χ3n) is 2.83. The Labute approximate surface area is 114 Å². The van der Waals surface area contributed by atoms with Gasteiger partial charge in [0.25, 0.3) is 0 Å². The minimum absolute atomic E-state index is 0.151. The molecule has 1 fully saturated rings. The van der Waals surface area contributed by atoms with Crippen LogP contribution < -0.4 is 10.0 Å². The summed E-state index contributed by atoms with van der Waals surface area (Å²) in [7, 11) is -3.84. The molecule has 112 valence electrons. The van der Waals surface area contributed by atoms with Crippen LogP contribution in [0.2, 0.25) is 0 Å². The number of hydrogen-bond donors (Lipinski definition) is 2. The van der Waals surface area contributed by atoms with E-state index in [1.54, 1.807) is 20.8 Å². The number of nitrogens with zero attached hydrogens (tertiary/aromatic N) is 1. The van der Waals surface area contributed by atoms with E-state index in [1.807, 2.05) is 4.72 Å². The van der Waals surface area contributed by atoms with Gasteiger partial charge in [-0.1, -0.05) is 6.92 Å². The van der Waals surface area contributed by atoms with Gasteiger partial charge in [-0.25, -0.2) is 9.52 Å². The summed E-state index contributed by atoms with van der Waals surface area (Å²) in [6.07, 6.45) is 0.697. The molecule has 1 aliphatic rings. The summed E-state index contributed by atoms with van der Waals surface area (Å²) in [5, 5.41) is 3.23. The quantitative estimate of drug-likeness (QED) is 0.742. The molecule has 0 radical (unpaired) electrons. The average molecular weight is 293 g/mol. The van der Waals surface area contributed by atoms with E-state index in [1.165, 1.54) is 4.31 Å². The minimum atomic E-state index is -3.84. The van der Waals surface area contributed by atoms with Crippen LogP contribution in [0.15, 0.2) is 0 Å². The number of likely N-dealkylation sites (N-methyl/N-ethyl adjacent to an activating group) is 1. The second-order valence-electron chi connectivity index (χ2n) is 4.81. The first kappa shape index (κ1) is 16.2. The standard InChI is InChI=1S/C11H23N3O4S/c1-4-14(8-10-6-5-7-12-10)19(16,17)13-11(15)18-9(2)3/h9-10,12H,4-8H2,1-3H3,(H,13,15). The smallest absolute Gasteiger partial charge is 0.422 e. The fourth-order valence-corrected chi connectivity index (χ4v) is 3.07. The van der Waals surface area contributed by atoms with Crippen LogP contribution in [0.25, 0.3) is 0 Å². The van der Waals surface area contributed by atoms with Crippen LogP contribution in [0.1, 0.15) is 33.6 Å². The highest BCUT2D eigenvalue weighted by atomic mass is 32.2. The summed E-state index contributed by atoms with van der Waals surface area (Å²) >= 11 is 0. The highest BCUT2D eigenvalue weighted by Gasteiger charge is 2.27. The molecule has 0 aromatic carbocycles. The van der Waals surface area contributed by atoms with Crippen molar-refractivity contribution < 1.29 is 17.9 Å². The molecule has 19 heavy (non-hydrogen) atoms. The van der Waals surface area contributed by atoms with E-state index in [0.29, 0.717) is 13.1 Å². The highest BCUT2D eigenvalue weighted by Crippen LogP contribution is 2.09. The summed E-state index contributed by atoms with van der Waals surface area (Å²) in [6, 6.07) is 0.151. The molecule has 1 rings (SSSR count). The molecule has 1 amide bonds. The first-order valence-electron chi connectivity index (χ1n) is 6.57. The molecule has 1 aliphatic heterocycles. The number of carbonyl (C=O) groups is 1. The van der Waals surface area contributed by atoms with E-state index < -0.39 is 16.3 Å².